The number of hydrogen-bond donors (Lipinski definition) is 1. The van der Waals surface area contributed by atoms with E-state index in [4.69, 9.17) is 18.9 Å². The van der Waals surface area contributed by atoms with E-state index in [2.05, 4.69) is 19.2 Å². The van der Waals surface area contributed by atoms with Gasteiger partial charge in [-0.3, -0.25) is 0 Å². The zero-order valence-corrected chi connectivity index (χ0v) is 13.9. The van der Waals surface area contributed by atoms with E-state index in [1.165, 1.54) is 0 Å². The van der Waals surface area contributed by atoms with Crippen molar-refractivity contribution >= 4 is 0 Å². The molecule has 0 aliphatic carbocycles. The number of ether oxygens (including phenoxy) is 4. The fourth-order valence-electron chi connectivity index (χ4n) is 2.19. The normalized spacial score (nSPS) is 13.6. The Kier molecular flexibility index (Phi) is 7.32. The van der Waals surface area contributed by atoms with Gasteiger partial charge in [-0.05, 0) is 30.5 Å². The van der Waals surface area contributed by atoms with Crippen molar-refractivity contribution in [3.05, 3.63) is 17.7 Å². The molecule has 0 bridgehead atoms. The monoisotopic (exact) mass is 297 g/mol. The lowest BCUT2D eigenvalue weighted by Crippen LogP contribution is -2.26. The largest absolute Gasteiger partial charge is 0.493 e. The zero-order chi connectivity index (χ0) is 15.8. The molecular formula is C16H27NO4. The SMILES string of the molecule is COCC(C)CNC(C)c1cc(OC)c(OC)c(OC)c1. The van der Waals surface area contributed by atoms with E-state index in [0.29, 0.717) is 23.2 Å². The number of methoxy groups -OCH3 is 4. The molecule has 21 heavy (non-hydrogen) atoms. The molecule has 0 spiro atoms. The summed E-state index contributed by atoms with van der Waals surface area (Å²) in [7, 11) is 6.58. The number of hydrogen-bond acceptors (Lipinski definition) is 5. The van der Waals surface area contributed by atoms with Gasteiger partial charge in [0.1, 0.15) is 0 Å². The van der Waals surface area contributed by atoms with E-state index in [0.717, 1.165) is 18.7 Å². The van der Waals surface area contributed by atoms with Gasteiger partial charge >= 0.3 is 0 Å². The summed E-state index contributed by atoms with van der Waals surface area (Å²) in [5.41, 5.74) is 1.09. The van der Waals surface area contributed by atoms with E-state index in [-0.39, 0.29) is 6.04 Å². The fourth-order valence-corrected chi connectivity index (χ4v) is 2.19. The van der Waals surface area contributed by atoms with Crippen LogP contribution in [0, 0.1) is 5.92 Å². The predicted molar refractivity (Wildman–Crippen MR) is 83.6 cm³/mol. The van der Waals surface area contributed by atoms with Crippen molar-refractivity contribution in [1.82, 2.24) is 5.32 Å². The topological polar surface area (TPSA) is 49.0 Å². The Labute approximate surface area is 127 Å². The highest BCUT2D eigenvalue weighted by Crippen LogP contribution is 2.39. The third-order valence-electron chi connectivity index (χ3n) is 3.41. The highest BCUT2D eigenvalue weighted by atomic mass is 16.5. The third kappa shape index (κ3) is 4.79. The molecule has 2 atom stereocenters. The Morgan fingerprint density at radius 3 is 1.95 bits per heavy atom. The first-order valence-electron chi connectivity index (χ1n) is 7.09. The van der Waals surface area contributed by atoms with Gasteiger partial charge in [0.05, 0.1) is 21.3 Å². The molecule has 1 N–H and O–H groups in total. The van der Waals surface area contributed by atoms with Crippen LogP contribution >= 0.6 is 0 Å². The minimum Gasteiger partial charge on any atom is -0.493 e. The van der Waals surface area contributed by atoms with Crippen LogP contribution in [0.15, 0.2) is 12.1 Å². The molecule has 0 saturated heterocycles. The molecule has 1 rings (SSSR count). The molecule has 5 nitrogen and oxygen atoms in total. The summed E-state index contributed by atoms with van der Waals surface area (Å²) >= 11 is 0. The van der Waals surface area contributed by atoms with Gasteiger partial charge in [-0.1, -0.05) is 6.92 Å². The molecule has 0 aliphatic heterocycles. The maximum atomic E-state index is 5.38. The second-order valence-electron chi connectivity index (χ2n) is 5.15. The van der Waals surface area contributed by atoms with E-state index >= 15 is 0 Å². The molecule has 0 fully saturated rings. The second kappa shape index (κ2) is 8.74. The highest BCUT2D eigenvalue weighted by molar-refractivity contribution is 5.54. The van der Waals surface area contributed by atoms with Gasteiger partial charge in [0.15, 0.2) is 11.5 Å². The summed E-state index contributed by atoms with van der Waals surface area (Å²) < 4.78 is 21.2. The number of benzene rings is 1. The van der Waals surface area contributed by atoms with E-state index in [1.54, 1.807) is 28.4 Å². The van der Waals surface area contributed by atoms with E-state index < -0.39 is 0 Å². The van der Waals surface area contributed by atoms with Crippen molar-refractivity contribution in [2.24, 2.45) is 5.92 Å². The quantitative estimate of drug-likeness (QED) is 0.759. The molecule has 0 amide bonds. The maximum Gasteiger partial charge on any atom is 0.203 e. The Morgan fingerprint density at radius 1 is 0.952 bits per heavy atom. The van der Waals surface area contributed by atoms with Crippen LogP contribution in [0.1, 0.15) is 25.5 Å². The van der Waals surface area contributed by atoms with Crippen LogP contribution in [0.5, 0.6) is 17.2 Å². The molecule has 0 saturated carbocycles. The summed E-state index contributed by atoms with van der Waals surface area (Å²) in [4.78, 5) is 0. The fraction of sp³-hybridized carbons (Fsp3) is 0.625. The van der Waals surface area contributed by atoms with Crippen LogP contribution < -0.4 is 19.5 Å². The molecule has 120 valence electrons. The zero-order valence-electron chi connectivity index (χ0n) is 13.9. The lowest BCUT2D eigenvalue weighted by molar-refractivity contribution is 0.157. The lowest BCUT2D eigenvalue weighted by Gasteiger charge is -2.20. The summed E-state index contributed by atoms with van der Waals surface area (Å²) in [6.07, 6.45) is 0. The molecule has 0 heterocycles. The van der Waals surface area contributed by atoms with Gasteiger partial charge in [0.2, 0.25) is 5.75 Å². The van der Waals surface area contributed by atoms with Gasteiger partial charge in [-0.2, -0.15) is 0 Å². The summed E-state index contributed by atoms with van der Waals surface area (Å²) in [5, 5.41) is 3.49. The molecular weight excluding hydrogens is 270 g/mol. The van der Waals surface area contributed by atoms with Crippen LogP contribution in [0.3, 0.4) is 0 Å². The summed E-state index contributed by atoms with van der Waals surface area (Å²) in [5.74, 6) is 2.42. The molecule has 0 aromatic heterocycles. The van der Waals surface area contributed by atoms with Crippen LogP contribution in [0.25, 0.3) is 0 Å². The Bertz CT molecular complexity index is 411. The molecule has 5 heteroatoms. The smallest absolute Gasteiger partial charge is 0.203 e. The van der Waals surface area contributed by atoms with Gasteiger partial charge in [-0.25, -0.2) is 0 Å². The highest BCUT2D eigenvalue weighted by Gasteiger charge is 2.16. The molecule has 1 aromatic rings. The van der Waals surface area contributed by atoms with Crippen molar-refractivity contribution in [2.75, 3.05) is 41.6 Å². The first kappa shape index (κ1) is 17.6. The van der Waals surface area contributed by atoms with E-state index in [1.807, 2.05) is 12.1 Å². The minimum absolute atomic E-state index is 0.179. The predicted octanol–water partition coefficient (Wildman–Crippen LogP) is 2.65. The van der Waals surface area contributed by atoms with Crippen LogP contribution in [0.4, 0.5) is 0 Å². The molecule has 0 radical (unpaired) electrons. The lowest BCUT2D eigenvalue weighted by atomic mass is 10.1. The average Bonchev–Trinajstić information content (AvgIpc) is 2.51. The standard InChI is InChI=1S/C16H27NO4/c1-11(10-18-3)9-17-12(2)13-7-14(19-4)16(21-6)15(8-13)20-5/h7-8,11-12,17H,9-10H2,1-6H3. The number of rotatable bonds is 9. The van der Waals surface area contributed by atoms with Crippen molar-refractivity contribution in [1.29, 1.82) is 0 Å². The van der Waals surface area contributed by atoms with Crippen LogP contribution in [0.2, 0.25) is 0 Å². The molecule has 1 aromatic carbocycles. The van der Waals surface area contributed by atoms with Gasteiger partial charge in [0, 0.05) is 26.3 Å². The minimum atomic E-state index is 0.179. The second-order valence-corrected chi connectivity index (χ2v) is 5.15. The van der Waals surface area contributed by atoms with Crippen molar-refractivity contribution < 1.29 is 18.9 Å². The van der Waals surface area contributed by atoms with E-state index in [9.17, 15) is 0 Å². The summed E-state index contributed by atoms with van der Waals surface area (Å²) in [6, 6.07) is 4.12. The Hall–Kier alpha value is -1.46. The van der Waals surface area contributed by atoms with Crippen molar-refractivity contribution in [2.45, 2.75) is 19.9 Å². The van der Waals surface area contributed by atoms with Gasteiger partial charge in [0.25, 0.3) is 0 Å². The molecule has 2 unspecified atom stereocenters. The molecule has 0 aliphatic rings. The summed E-state index contributed by atoms with van der Waals surface area (Å²) in [6.45, 7) is 5.89. The van der Waals surface area contributed by atoms with Crippen molar-refractivity contribution in [3.63, 3.8) is 0 Å². The van der Waals surface area contributed by atoms with Gasteiger partial charge < -0.3 is 24.3 Å². The first-order chi connectivity index (χ1) is 10.1. The van der Waals surface area contributed by atoms with Crippen molar-refractivity contribution in [3.8, 4) is 17.2 Å². The maximum absolute atomic E-state index is 5.38. The third-order valence-corrected chi connectivity index (χ3v) is 3.41. The Morgan fingerprint density at radius 2 is 1.52 bits per heavy atom. The average molecular weight is 297 g/mol. The first-order valence-corrected chi connectivity index (χ1v) is 7.09. The van der Waals surface area contributed by atoms with Crippen LogP contribution in [-0.4, -0.2) is 41.6 Å². The number of nitrogens with one attached hydrogen (secondary N) is 1. The Balaban J connectivity index is 2.86. The van der Waals surface area contributed by atoms with Crippen LogP contribution in [-0.2, 0) is 4.74 Å². The van der Waals surface area contributed by atoms with Gasteiger partial charge in [-0.15, -0.1) is 0 Å².